The summed E-state index contributed by atoms with van der Waals surface area (Å²) in [5.74, 6) is 0. The summed E-state index contributed by atoms with van der Waals surface area (Å²) in [7, 11) is 0. The highest BCUT2D eigenvalue weighted by Crippen LogP contribution is 2.20. The van der Waals surface area contributed by atoms with Crippen molar-refractivity contribution >= 4 is 0 Å². The van der Waals surface area contributed by atoms with Crippen LogP contribution in [0.4, 0.5) is 13.2 Å². The van der Waals surface area contributed by atoms with Gasteiger partial charge in [-0.3, -0.25) is 4.90 Å². The van der Waals surface area contributed by atoms with Crippen LogP contribution in [0.2, 0.25) is 0 Å². The van der Waals surface area contributed by atoms with Gasteiger partial charge in [-0.2, -0.15) is 13.2 Å². The lowest BCUT2D eigenvalue weighted by atomic mass is 10.0. The Hall–Kier alpha value is -1.07. The fourth-order valence-electron chi connectivity index (χ4n) is 2.52. The number of hydrogen-bond donors (Lipinski definition) is 1. The van der Waals surface area contributed by atoms with Crippen molar-refractivity contribution in [2.45, 2.75) is 38.5 Å². The van der Waals surface area contributed by atoms with Crippen molar-refractivity contribution in [1.82, 2.24) is 10.2 Å². The smallest absolute Gasteiger partial charge is 0.310 e. The maximum absolute atomic E-state index is 12.3. The first-order valence-electron chi connectivity index (χ1n) is 7.00. The van der Waals surface area contributed by atoms with Crippen molar-refractivity contribution in [2.24, 2.45) is 0 Å². The van der Waals surface area contributed by atoms with E-state index in [1.54, 1.807) is 0 Å². The third-order valence-corrected chi connectivity index (χ3v) is 3.71. The quantitative estimate of drug-likeness (QED) is 0.915. The monoisotopic (exact) mass is 286 g/mol. The van der Waals surface area contributed by atoms with Crippen LogP contribution < -0.4 is 5.32 Å². The highest BCUT2D eigenvalue weighted by molar-refractivity contribution is 5.21. The van der Waals surface area contributed by atoms with Crippen molar-refractivity contribution in [3.05, 3.63) is 35.4 Å². The third-order valence-electron chi connectivity index (χ3n) is 3.71. The van der Waals surface area contributed by atoms with Crippen molar-refractivity contribution in [1.29, 1.82) is 0 Å². The van der Waals surface area contributed by atoms with E-state index in [1.165, 1.54) is 16.0 Å². The van der Waals surface area contributed by atoms with E-state index in [1.807, 2.05) is 6.92 Å². The first-order chi connectivity index (χ1) is 9.42. The van der Waals surface area contributed by atoms with Gasteiger partial charge in [0.25, 0.3) is 0 Å². The first-order valence-corrected chi connectivity index (χ1v) is 7.00. The van der Waals surface area contributed by atoms with Crippen LogP contribution in [0.25, 0.3) is 0 Å². The fraction of sp³-hybridized carbons (Fsp3) is 0.600. The molecule has 0 spiro atoms. The number of likely N-dealkylation sites (tertiary alicyclic amines) is 1. The molecule has 1 aliphatic rings. The number of halogens is 3. The van der Waals surface area contributed by atoms with Gasteiger partial charge >= 0.3 is 6.18 Å². The second-order valence-electron chi connectivity index (χ2n) is 5.53. The van der Waals surface area contributed by atoms with Gasteiger partial charge < -0.3 is 5.32 Å². The van der Waals surface area contributed by atoms with Crippen LogP contribution in [-0.4, -0.2) is 36.8 Å². The molecule has 5 heteroatoms. The van der Waals surface area contributed by atoms with Crippen molar-refractivity contribution in [2.75, 3.05) is 19.6 Å². The Morgan fingerprint density at radius 3 is 2.30 bits per heavy atom. The number of piperidine rings is 1. The van der Waals surface area contributed by atoms with Crippen molar-refractivity contribution in [3.8, 4) is 0 Å². The molecule has 0 atom stereocenters. The van der Waals surface area contributed by atoms with Gasteiger partial charge in [0.15, 0.2) is 0 Å². The molecule has 1 aromatic rings. The van der Waals surface area contributed by atoms with E-state index in [4.69, 9.17) is 0 Å². The first kappa shape index (κ1) is 15.3. The minimum absolute atomic E-state index is 0.320. The number of benzene rings is 1. The zero-order chi connectivity index (χ0) is 14.6. The zero-order valence-corrected chi connectivity index (χ0v) is 11.7. The number of rotatable bonds is 4. The highest BCUT2D eigenvalue weighted by atomic mass is 19.4. The lowest BCUT2D eigenvalue weighted by Gasteiger charge is -2.32. The van der Waals surface area contributed by atoms with E-state index in [2.05, 4.69) is 29.6 Å². The Balaban J connectivity index is 1.70. The Labute approximate surface area is 118 Å². The SMILES string of the molecule is Cc1ccc(CNC2CCN(CC(F)(F)F)CC2)cc1. The molecule has 1 heterocycles. The molecule has 1 aromatic carbocycles. The number of nitrogens with one attached hydrogen (secondary N) is 1. The predicted octanol–water partition coefficient (Wildman–Crippen LogP) is 3.11. The molecule has 0 unspecified atom stereocenters. The van der Waals surface area contributed by atoms with E-state index in [9.17, 15) is 13.2 Å². The molecule has 1 saturated heterocycles. The van der Waals surface area contributed by atoms with Crippen molar-refractivity contribution < 1.29 is 13.2 Å². The van der Waals surface area contributed by atoms with Crippen LogP contribution in [0.15, 0.2) is 24.3 Å². The summed E-state index contributed by atoms with van der Waals surface area (Å²) >= 11 is 0. The third kappa shape index (κ3) is 5.13. The Morgan fingerprint density at radius 1 is 1.15 bits per heavy atom. The van der Waals surface area contributed by atoms with Gasteiger partial charge in [-0.1, -0.05) is 29.8 Å². The summed E-state index contributed by atoms with van der Waals surface area (Å²) < 4.78 is 36.8. The molecular weight excluding hydrogens is 265 g/mol. The van der Waals surface area contributed by atoms with Gasteiger partial charge in [-0.25, -0.2) is 0 Å². The molecule has 1 fully saturated rings. The lowest BCUT2D eigenvalue weighted by molar-refractivity contribution is -0.148. The summed E-state index contributed by atoms with van der Waals surface area (Å²) in [4.78, 5) is 1.49. The fourth-order valence-corrected chi connectivity index (χ4v) is 2.52. The molecule has 112 valence electrons. The van der Waals surface area contributed by atoms with E-state index in [-0.39, 0.29) is 0 Å². The van der Waals surface area contributed by atoms with E-state index in [0.29, 0.717) is 19.1 Å². The summed E-state index contributed by atoms with van der Waals surface area (Å²) in [6.45, 7) is 3.09. The minimum Gasteiger partial charge on any atom is -0.310 e. The van der Waals surface area contributed by atoms with Crippen LogP contribution in [-0.2, 0) is 6.54 Å². The van der Waals surface area contributed by atoms with Gasteiger partial charge in [0.05, 0.1) is 6.54 Å². The van der Waals surface area contributed by atoms with Crippen LogP contribution in [0.3, 0.4) is 0 Å². The zero-order valence-electron chi connectivity index (χ0n) is 11.7. The molecule has 0 aromatic heterocycles. The molecule has 20 heavy (non-hydrogen) atoms. The minimum atomic E-state index is -4.08. The predicted molar refractivity (Wildman–Crippen MR) is 73.5 cm³/mol. The van der Waals surface area contributed by atoms with Gasteiger partial charge in [0.1, 0.15) is 0 Å². The second-order valence-corrected chi connectivity index (χ2v) is 5.53. The van der Waals surface area contributed by atoms with Gasteiger partial charge in [-0.05, 0) is 38.4 Å². The topological polar surface area (TPSA) is 15.3 Å². The normalized spacial score (nSPS) is 18.4. The molecule has 2 nitrogen and oxygen atoms in total. The van der Waals surface area contributed by atoms with E-state index >= 15 is 0 Å². The Bertz CT molecular complexity index is 406. The molecule has 1 N–H and O–H groups in total. The average molecular weight is 286 g/mol. The van der Waals surface area contributed by atoms with Gasteiger partial charge in [-0.15, -0.1) is 0 Å². The highest BCUT2D eigenvalue weighted by Gasteiger charge is 2.32. The summed E-state index contributed by atoms with van der Waals surface area (Å²) in [5.41, 5.74) is 2.45. The summed E-state index contributed by atoms with van der Waals surface area (Å²) in [6.07, 6.45) is -2.52. The Kier molecular flexibility index (Phi) is 5.05. The maximum Gasteiger partial charge on any atom is 0.401 e. The lowest BCUT2D eigenvalue weighted by Crippen LogP contribution is -2.45. The van der Waals surface area contributed by atoms with Crippen LogP contribution in [0.1, 0.15) is 24.0 Å². The number of nitrogens with zero attached hydrogens (tertiary/aromatic N) is 1. The molecule has 1 aliphatic heterocycles. The van der Waals surface area contributed by atoms with Crippen LogP contribution >= 0.6 is 0 Å². The largest absolute Gasteiger partial charge is 0.401 e. The number of hydrogen-bond acceptors (Lipinski definition) is 2. The number of aryl methyl sites for hydroxylation is 1. The van der Waals surface area contributed by atoms with Crippen molar-refractivity contribution in [3.63, 3.8) is 0 Å². The van der Waals surface area contributed by atoms with Crippen LogP contribution in [0.5, 0.6) is 0 Å². The molecule has 0 bridgehead atoms. The molecule has 0 radical (unpaired) electrons. The van der Waals surface area contributed by atoms with Crippen LogP contribution in [0, 0.1) is 6.92 Å². The maximum atomic E-state index is 12.3. The summed E-state index contributed by atoms with van der Waals surface area (Å²) in [6, 6.07) is 8.63. The molecular formula is C15H21F3N2. The molecule has 0 saturated carbocycles. The van der Waals surface area contributed by atoms with Gasteiger partial charge in [0.2, 0.25) is 0 Å². The summed E-state index contributed by atoms with van der Waals surface area (Å²) in [5, 5.41) is 3.43. The van der Waals surface area contributed by atoms with E-state index < -0.39 is 12.7 Å². The second kappa shape index (κ2) is 6.59. The molecule has 0 amide bonds. The molecule has 2 rings (SSSR count). The molecule has 0 aliphatic carbocycles. The van der Waals surface area contributed by atoms with E-state index in [0.717, 1.165) is 19.4 Å². The average Bonchev–Trinajstić information content (AvgIpc) is 2.38. The van der Waals surface area contributed by atoms with Gasteiger partial charge in [0, 0.05) is 12.6 Å². The Morgan fingerprint density at radius 2 is 1.75 bits per heavy atom. The standard InChI is InChI=1S/C15H21F3N2/c1-12-2-4-13(5-3-12)10-19-14-6-8-20(9-7-14)11-15(16,17)18/h2-5,14,19H,6-11H2,1H3. The number of alkyl halides is 3.